The van der Waals surface area contributed by atoms with Crippen molar-refractivity contribution in [2.45, 2.75) is 33.2 Å². The summed E-state index contributed by atoms with van der Waals surface area (Å²) in [7, 11) is 0. The fourth-order valence-electron chi connectivity index (χ4n) is 0.622. The van der Waals surface area contributed by atoms with Gasteiger partial charge < -0.3 is 5.32 Å². The van der Waals surface area contributed by atoms with Crippen LogP contribution in [-0.2, 0) is 4.79 Å². The highest BCUT2D eigenvalue weighted by Gasteiger charge is 2.16. The van der Waals surface area contributed by atoms with E-state index in [9.17, 15) is 4.79 Å². The molecule has 0 fully saturated rings. The smallest absolute Gasteiger partial charge is 0.207 e. The minimum atomic E-state index is -0.198. The normalized spacial score (nSPS) is 13.0. The summed E-state index contributed by atoms with van der Waals surface area (Å²) in [5.74, 6) is 0. The fraction of sp³-hybridized carbons (Fsp3) is 0.625. The number of carbonyl (C=O) groups excluding carboxylic acids is 1. The topological polar surface area (TPSA) is 29.1 Å². The molecular weight excluding hydrogens is 126 g/mol. The zero-order valence-corrected chi connectivity index (χ0v) is 7.06. The Labute approximate surface area is 62.3 Å². The third-order valence-electron chi connectivity index (χ3n) is 1.84. The molecule has 0 aliphatic carbocycles. The van der Waals surface area contributed by atoms with Crippen molar-refractivity contribution in [3.05, 3.63) is 11.6 Å². The fourth-order valence-corrected chi connectivity index (χ4v) is 0.622. The Kier molecular flexibility index (Phi) is 3.13. The Morgan fingerprint density at radius 2 is 2.00 bits per heavy atom. The van der Waals surface area contributed by atoms with Gasteiger partial charge in [0.1, 0.15) is 0 Å². The molecule has 2 heteroatoms. The molecule has 2 nitrogen and oxygen atoms in total. The van der Waals surface area contributed by atoms with Crippen molar-refractivity contribution in [3.8, 4) is 0 Å². The van der Waals surface area contributed by atoms with Crippen LogP contribution in [0.3, 0.4) is 0 Å². The van der Waals surface area contributed by atoms with Crippen LogP contribution in [-0.4, -0.2) is 11.9 Å². The molecule has 10 heavy (non-hydrogen) atoms. The Balaban J connectivity index is 4.23. The number of hydrogen-bond donors (Lipinski definition) is 1. The molecule has 0 rings (SSSR count). The van der Waals surface area contributed by atoms with Crippen LogP contribution in [0, 0.1) is 0 Å². The van der Waals surface area contributed by atoms with E-state index in [0.717, 1.165) is 6.41 Å². The quantitative estimate of drug-likeness (QED) is 0.468. The van der Waals surface area contributed by atoms with Crippen LogP contribution in [0.4, 0.5) is 0 Å². The minimum Gasteiger partial charge on any atom is -0.350 e. The molecule has 0 saturated carbocycles. The summed E-state index contributed by atoms with van der Waals surface area (Å²) in [5.41, 5.74) is 0.968. The van der Waals surface area contributed by atoms with E-state index in [1.165, 1.54) is 5.57 Å². The maximum Gasteiger partial charge on any atom is 0.207 e. The van der Waals surface area contributed by atoms with Crippen LogP contribution < -0.4 is 5.32 Å². The van der Waals surface area contributed by atoms with Crippen molar-refractivity contribution >= 4 is 6.41 Å². The molecular formula is C8H15NO. The van der Waals surface area contributed by atoms with Gasteiger partial charge >= 0.3 is 0 Å². The van der Waals surface area contributed by atoms with Crippen molar-refractivity contribution in [2.24, 2.45) is 0 Å². The number of allylic oxidation sites excluding steroid dienone is 1. The second kappa shape index (κ2) is 3.40. The van der Waals surface area contributed by atoms with Crippen molar-refractivity contribution in [1.29, 1.82) is 0 Å². The minimum absolute atomic E-state index is 0.198. The highest BCUT2D eigenvalue weighted by Crippen LogP contribution is 2.13. The molecule has 0 aliphatic heterocycles. The van der Waals surface area contributed by atoms with Gasteiger partial charge in [-0.3, -0.25) is 4.79 Å². The molecule has 58 valence electrons. The van der Waals surface area contributed by atoms with Gasteiger partial charge in [0.05, 0.1) is 5.54 Å². The first-order chi connectivity index (χ1) is 4.54. The van der Waals surface area contributed by atoms with Gasteiger partial charge in [0.15, 0.2) is 0 Å². The number of hydrogen-bond acceptors (Lipinski definition) is 1. The molecule has 0 bridgehead atoms. The average Bonchev–Trinajstić information content (AvgIpc) is 1.86. The van der Waals surface area contributed by atoms with Gasteiger partial charge in [-0.15, -0.1) is 0 Å². The molecule has 0 atom stereocenters. The first kappa shape index (κ1) is 9.21. The molecule has 0 aromatic rings. The van der Waals surface area contributed by atoms with Crippen LogP contribution in [0.5, 0.6) is 0 Å². The van der Waals surface area contributed by atoms with Crippen LogP contribution in [0.1, 0.15) is 27.7 Å². The van der Waals surface area contributed by atoms with E-state index < -0.39 is 0 Å². The van der Waals surface area contributed by atoms with Crippen LogP contribution >= 0.6 is 0 Å². The summed E-state index contributed by atoms with van der Waals surface area (Å²) in [6.45, 7) is 7.90. The number of rotatable bonds is 3. The monoisotopic (exact) mass is 141 g/mol. The second-order valence-corrected chi connectivity index (χ2v) is 2.86. The lowest BCUT2D eigenvalue weighted by molar-refractivity contribution is -0.110. The van der Waals surface area contributed by atoms with Crippen molar-refractivity contribution in [2.75, 3.05) is 0 Å². The summed E-state index contributed by atoms with van der Waals surface area (Å²) in [6.07, 6.45) is 2.73. The van der Waals surface area contributed by atoms with E-state index in [1.54, 1.807) is 0 Å². The zero-order valence-electron chi connectivity index (χ0n) is 7.06. The lowest BCUT2D eigenvalue weighted by Gasteiger charge is -2.24. The Morgan fingerprint density at radius 1 is 1.50 bits per heavy atom. The predicted molar refractivity (Wildman–Crippen MR) is 42.7 cm³/mol. The zero-order chi connectivity index (χ0) is 8.20. The summed E-state index contributed by atoms with van der Waals surface area (Å²) >= 11 is 0. The number of nitrogens with one attached hydrogen (secondary N) is 1. The summed E-state index contributed by atoms with van der Waals surface area (Å²) < 4.78 is 0. The van der Waals surface area contributed by atoms with Gasteiger partial charge in [0.25, 0.3) is 0 Å². The Morgan fingerprint density at radius 3 is 2.30 bits per heavy atom. The highest BCUT2D eigenvalue weighted by atomic mass is 16.1. The van der Waals surface area contributed by atoms with E-state index in [4.69, 9.17) is 0 Å². The molecule has 1 N–H and O–H groups in total. The van der Waals surface area contributed by atoms with E-state index in [0.29, 0.717) is 0 Å². The predicted octanol–water partition coefficient (Wildman–Crippen LogP) is 1.48. The average molecular weight is 141 g/mol. The Hall–Kier alpha value is -0.790. The lowest BCUT2D eigenvalue weighted by Crippen LogP contribution is -2.39. The lowest BCUT2D eigenvalue weighted by atomic mass is 9.96. The van der Waals surface area contributed by atoms with Gasteiger partial charge in [0.2, 0.25) is 6.41 Å². The third kappa shape index (κ3) is 2.21. The maximum atomic E-state index is 10.1. The molecule has 0 spiro atoms. The number of amides is 1. The van der Waals surface area contributed by atoms with Crippen LogP contribution in [0.25, 0.3) is 0 Å². The summed E-state index contributed by atoms with van der Waals surface area (Å²) in [4.78, 5) is 10.1. The van der Waals surface area contributed by atoms with E-state index in [2.05, 4.69) is 5.32 Å². The molecule has 0 unspecified atom stereocenters. The van der Waals surface area contributed by atoms with E-state index >= 15 is 0 Å². The van der Waals surface area contributed by atoms with Crippen LogP contribution in [0.2, 0.25) is 0 Å². The van der Waals surface area contributed by atoms with E-state index in [1.807, 2.05) is 33.8 Å². The van der Waals surface area contributed by atoms with Crippen LogP contribution in [0.15, 0.2) is 11.6 Å². The summed E-state index contributed by atoms with van der Waals surface area (Å²) in [6, 6.07) is 0. The van der Waals surface area contributed by atoms with Gasteiger partial charge in [-0.25, -0.2) is 0 Å². The SMILES string of the molecule is C/C=C(\C)C(C)(C)NC=O. The molecule has 1 amide bonds. The largest absolute Gasteiger partial charge is 0.350 e. The van der Waals surface area contributed by atoms with Gasteiger partial charge in [0, 0.05) is 0 Å². The molecule has 0 aromatic heterocycles. The molecule has 0 aromatic carbocycles. The van der Waals surface area contributed by atoms with Gasteiger partial charge in [-0.2, -0.15) is 0 Å². The van der Waals surface area contributed by atoms with E-state index in [-0.39, 0.29) is 5.54 Å². The molecule has 0 aliphatic rings. The maximum absolute atomic E-state index is 10.1. The third-order valence-corrected chi connectivity index (χ3v) is 1.84. The molecule has 0 radical (unpaired) electrons. The van der Waals surface area contributed by atoms with Gasteiger partial charge in [-0.05, 0) is 27.7 Å². The molecule has 0 saturated heterocycles. The van der Waals surface area contributed by atoms with Crippen molar-refractivity contribution in [1.82, 2.24) is 5.32 Å². The van der Waals surface area contributed by atoms with Crippen molar-refractivity contribution < 1.29 is 4.79 Å². The van der Waals surface area contributed by atoms with Gasteiger partial charge in [-0.1, -0.05) is 11.6 Å². The first-order valence-electron chi connectivity index (χ1n) is 3.39. The number of carbonyl (C=O) groups is 1. The Bertz CT molecular complexity index is 147. The standard InChI is InChI=1S/C8H15NO/c1-5-7(2)8(3,4)9-6-10/h5-6H,1-4H3,(H,9,10)/b7-5+. The molecule has 0 heterocycles. The highest BCUT2D eigenvalue weighted by molar-refractivity contribution is 5.49. The first-order valence-corrected chi connectivity index (χ1v) is 3.39. The second-order valence-electron chi connectivity index (χ2n) is 2.86. The summed E-state index contributed by atoms with van der Waals surface area (Å²) in [5, 5.41) is 2.72. The van der Waals surface area contributed by atoms with Crippen molar-refractivity contribution in [3.63, 3.8) is 0 Å².